The fraction of sp³-hybridized carbons (Fsp3) is 0.400. The summed E-state index contributed by atoms with van der Waals surface area (Å²) in [5.74, 6) is 0.566. The molecule has 0 spiro atoms. The summed E-state index contributed by atoms with van der Waals surface area (Å²) in [7, 11) is 0. The van der Waals surface area contributed by atoms with E-state index in [0.29, 0.717) is 10.7 Å². The van der Waals surface area contributed by atoms with Crippen molar-refractivity contribution in [2.45, 2.75) is 19.8 Å². The molecule has 4 heteroatoms. The molecule has 1 heterocycles. The van der Waals surface area contributed by atoms with Crippen LogP contribution in [0.5, 0.6) is 0 Å². The Morgan fingerprint density at radius 1 is 1.47 bits per heavy atom. The van der Waals surface area contributed by atoms with Gasteiger partial charge in [0.05, 0.1) is 10.7 Å². The lowest BCUT2D eigenvalue weighted by molar-refractivity contribution is -0.111. The second-order valence-electron chi connectivity index (χ2n) is 5.03. The van der Waals surface area contributed by atoms with Crippen molar-refractivity contribution in [1.82, 2.24) is 0 Å². The van der Waals surface area contributed by atoms with E-state index in [2.05, 4.69) is 23.7 Å². The van der Waals surface area contributed by atoms with Crippen LogP contribution in [0.3, 0.4) is 0 Å². The van der Waals surface area contributed by atoms with E-state index in [-0.39, 0.29) is 5.91 Å². The van der Waals surface area contributed by atoms with Crippen LogP contribution in [-0.2, 0) is 4.79 Å². The molecule has 0 saturated carbocycles. The molecule has 1 aliphatic rings. The number of hydrogen-bond acceptors (Lipinski definition) is 2. The first-order valence-corrected chi connectivity index (χ1v) is 6.96. The molecule has 1 fully saturated rings. The lowest BCUT2D eigenvalue weighted by atomic mass is 9.99. The molecule has 19 heavy (non-hydrogen) atoms. The number of hydrogen-bond donors (Lipinski definition) is 1. The third-order valence-electron chi connectivity index (χ3n) is 3.52. The lowest BCUT2D eigenvalue weighted by Crippen LogP contribution is -2.32. The molecule has 2 rings (SSSR count). The van der Waals surface area contributed by atoms with Crippen molar-refractivity contribution in [2.24, 2.45) is 5.92 Å². The summed E-state index contributed by atoms with van der Waals surface area (Å²) in [6.07, 6.45) is 3.64. The average molecular weight is 279 g/mol. The molecule has 0 bridgehead atoms. The quantitative estimate of drug-likeness (QED) is 0.855. The highest BCUT2D eigenvalue weighted by atomic mass is 35.5. The minimum atomic E-state index is -0.226. The summed E-state index contributed by atoms with van der Waals surface area (Å²) in [6.45, 7) is 7.79. The number of benzene rings is 1. The summed E-state index contributed by atoms with van der Waals surface area (Å²) < 4.78 is 0. The number of anilines is 2. The molecule has 0 atom stereocenters. The number of piperidine rings is 1. The molecule has 102 valence electrons. The molecule has 1 saturated heterocycles. The zero-order chi connectivity index (χ0) is 13.8. The third-order valence-corrected chi connectivity index (χ3v) is 3.83. The Morgan fingerprint density at radius 2 is 2.16 bits per heavy atom. The van der Waals surface area contributed by atoms with E-state index in [9.17, 15) is 4.79 Å². The zero-order valence-corrected chi connectivity index (χ0v) is 11.9. The topological polar surface area (TPSA) is 32.3 Å². The van der Waals surface area contributed by atoms with Crippen LogP contribution in [0.2, 0.25) is 5.02 Å². The number of amides is 1. The first-order chi connectivity index (χ1) is 9.10. The minimum absolute atomic E-state index is 0.226. The molecule has 3 nitrogen and oxygen atoms in total. The van der Waals surface area contributed by atoms with Gasteiger partial charge >= 0.3 is 0 Å². The maximum Gasteiger partial charge on any atom is 0.247 e. The predicted molar refractivity (Wildman–Crippen MR) is 80.9 cm³/mol. The van der Waals surface area contributed by atoms with E-state index in [4.69, 9.17) is 11.6 Å². The Balaban J connectivity index is 2.10. The molecule has 1 aromatic carbocycles. The van der Waals surface area contributed by atoms with Gasteiger partial charge in [0.25, 0.3) is 0 Å². The average Bonchev–Trinajstić information content (AvgIpc) is 2.40. The van der Waals surface area contributed by atoms with Crippen molar-refractivity contribution < 1.29 is 4.79 Å². The van der Waals surface area contributed by atoms with Gasteiger partial charge in [0.2, 0.25) is 5.91 Å². The van der Waals surface area contributed by atoms with E-state index in [0.717, 1.165) is 24.7 Å². The summed E-state index contributed by atoms with van der Waals surface area (Å²) in [5.41, 5.74) is 1.74. The molecule has 1 aliphatic heterocycles. The van der Waals surface area contributed by atoms with Gasteiger partial charge in [-0.25, -0.2) is 0 Å². The summed E-state index contributed by atoms with van der Waals surface area (Å²) in [4.78, 5) is 13.5. The standard InChI is InChI=1S/C15H19ClN2O/c1-3-15(19)17-12-4-5-14(13(16)10-12)18-8-6-11(2)7-9-18/h3-5,10-11H,1,6-9H2,2H3,(H,17,19). The highest BCUT2D eigenvalue weighted by Crippen LogP contribution is 2.31. The monoisotopic (exact) mass is 278 g/mol. The van der Waals surface area contributed by atoms with Crippen molar-refractivity contribution in [3.8, 4) is 0 Å². The SMILES string of the molecule is C=CC(=O)Nc1ccc(N2CCC(C)CC2)c(Cl)c1. The van der Waals surface area contributed by atoms with E-state index in [1.165, 1.54) is 18.9 Å². The third kappa shape index (κ3) is 3.51. The van der Waals surface area contributed by atoms with Crippen LogP contribution in [0.15, 0.2) is 30.9 Å². The second kappa shape index (κ2) is 6.11. The van der Waals surface area contributed by atoms with Gasteiger partial charge in [-0.3, -0.25) is 4.79 Å². The van der Waals surface area contributed by atoms with Crippen molar-refractivity contribution in [3.63, 3.8) is 0 Å². The maximum atomic E-state index is 11.2. The molecule has 0 aliphatic carbocycles. The Morgan fingerprint density at radius 3 is 2.74 bits per heavy atom. The largest absolute Gasteiger partial charge is 0.370 e. The first kappa shape index (κ1) is 13.9. The van der Waals surface area contributed by atoms with Gasteiger partial charge in [-0.1, -0.05) is 25.1 Å². The second-order valence-corrected chi connectivity index (χ2v) is 5.44. The van der Waals surface area contributed by atoms with Gasteiger partial charge in [0, 0.05) is 18.8 Å². The van der Waals surface area contributed by atoms with Gasteiger partial charge in [0.15, 0.2) is 0 Å². The fourth-order valence-electron chi connectivity index (χ4n) is 2.28. The van der Waals surface area contributed by atoms with Crippen LogP contribution in [0, 0.1) is 5.92 Å². The Hall–Kier alpha value is -1.48. The molecule has 1 amide bonds. The van der Waals surface area contributed by atoms with Gasteiger partial charge in [-0.15, -0.1) is 0 Å². The van der Waals surface area contributed by atoms with Crippen LogP contribution in [-0.4, -0.2) is 19.0 Å². The number of carbonyl (C=O) groups excluding carboxylic acids is 1. The summed E-state index contributed by atoms with van der Waals surface area (Å²) >= 11 is 6.31. The van der Waals surface area contributed by atoms with Gasteiger partial charge in [0.1, 0.15) is 0 Å². The molecular weight excluding hydrogens is 260 g/mol. The number of nitrogens with zero attached hydrogens (tertiary/aromatic N) is 1. The van der Waals surface area contributed by atoms with Crippen molar-refractivity contribution in [3.05, 3.63) is 35.9 Å². The van der Waals surface area contributed by atoms with Crippen LogP contribution in [0.1, 0.15) is 19.8 Å². The number of rotatable bonds is 3. The van der Waals surface area contributed by atoms with Crippen molar-refractivity contribution in [1.29, 1.82) is 0 Å². The normalized spacial score (nSPS) is 16.2. The van der Waals surface area contributed by atoms with E-state index < -0.39 is 0 Å². The van der Waals surface area contributed by atoms with E-state index >= 15 is 0 Å². The molecule has 1 aromatic rings. The first-order valence-electron chi connectivity index (χ1n) is 6.58. The van der Waals surface area contributed by atoms with Gasteiger partial charge in [-0.2, -0.15) is 0 Å². The Labute approximate surface area is 119 Å². The molecular formula is C15H19ClN2O. The van der Waals surface area contributed by atoms with Crippen molar-refractivity contribution in [2.75, 3.05) is 23.3 Å². The van der Waals surface area contributed by atoms with Gasteiger partial charge in [-0.05, 0) is 43.0 Å². The number of halogens is 1. The summed E-state index contributed by atoms with van der Waals surface area (Å²) in [5, 5.41) is 3.39. The van der Waals surface area contributed by atoms with Crippen LogP contribution in [0.25, 0.3) is 0 Å². The van der Waals surface area contributed by atoms with E-state index in [1.807, 2.05) is 12.1 Å². The van der Waals surface area contributed by atoms with Crippen LogP contribution >= 0.6 is 11.6 Å². The van der Waals surface area contributed by atoms with Crippen molar-refractivity contribution >= 4 is 28.9 Å². The smallest absolute Gasteiger partial charge is 0.247 e. The number of carbonyl (C=O) groups is 1. The highest BCUT2D eigenvalue weighted by molar-refractivity contribution is 6.33. The Kier molecular flexibility index (Phi) is 4.48. The Bertz CT molecular complexity index is 479. The zero-order valence-electron chi connectivity index (χ0n) is 11.2. The number of nitrogens with one attached hydrogen (secondary N) is 1. The lowest BCUT2D eigenvalue weighted by Gasteiger charge is -2.32. The molecule has 1 N–H and O–H groups in total. The predicted octanol–water partition coefficient (Wildman–Crippen LogP) is 3.70. The molecule has 0 unspecified atom stereocenters. The molecule has 0 aromatic heterocycles. The van der Waals surface area contributed by atoms with Gasteiger partial charge < -0.3 is 10.2 Å². The minimum Gasteiger partial charge on any atom is -0.370 e. The highest BCUT2D eigenvalue weighted by Gasteiger charge is 2.18. The molecule has 0 radical (unpaired) electrons. The summed E-state index contributed by atoms with van der Waals surface area (Å²) in [6, 6.07) is 5.63. The fourth-order valence-corrected chi connectivity index (χ4v) is 2.58. The van der Waals surface area contributed by atoms with Crippen LogP contribution in [0.4, 0.5) is 11.4 Å². The van der Waals surface area contributed by atoms with E-state index in [1.54, 1.807) is 6.07 Å². The van der Waals surface area contributed by atoms with Crippen LogP contribution < -0.4 is 10.2 Å². The maximum absolute atomic E-state index is 11.2.